The van der Waals surface area contributed by atoms with Crippen molar-refractivity contribution in [2.24, 2.45) is 11.8 Å². The molecule has 2 amide bonds. The van der Waals surface area contributed by atoms with Gasteiger partial charge in [-0.25, -0.2) is 0 Å². The summed E-state index contributed by atoms with van der Waals surface area (Å²) in [5.74, 6) is -1.09. The van der Waals surface area contributed by atoms with Crippen molar-refractivity contribution in [3.8, 4) is 0 Å². The van der Waals surface area contributed by atoms with Crippen LogP contribution in [0.4, 0.5) is 0 Å². The van der Waals surface area contributed by atoms with Crippen LogP contribution in [-0.2, 0) is 24.5 Å². The lowest BCUT2D eigenvalue weighted by Gasteiger charge is -2.56. The van der Waals surface area contributed by atoms with E-state index in [9.17, 15) is 9.59 Å². The third-order valence-electron chi connectivity index (χ3n) is 8.46. The van der Waals surface area contributed by atoms with Crippen LogP contribution in [0.1, 0.15) is 60.3 Å². The Balaban J connectivity index is 1.64. The molecule has 7 rings (SSSR count). The van der Waals surface area contributed by atoms with Gasteiger partial charge in [0.05, 0.1) is 17.3 Å². The summed E-state index contributed by atoms with van der Waals surface area (Å²) in [6.45, 7) is 0. The van der Waals surface area contributed by atoms with Gasteiger partial charge < -0.3 is 9.47 Å². The highest BCUT2D eigenvalue weighted by Crippen LogP contribution is 2.65. The zero-order valence-corrected chi connectivity index (χ0v) is 18.6. The van der Waals surface area contributed by atoms with Crippen LogP contribution < -0.4 is 0 Å². The molecule has 5 nitrogen and oxygen atoms in total. The number of likely N-dealkylation sites (tertiary alicyclic amines) is 1. The molecule has 0 N–H and O–H groups in total. The van der Waals surface area contributed by atoms with Crippen molar-refractivity contribution in [3.05, 3.63) is 70.8 Å². The van der Waals surface area contributed by atoms with Gasteiger partial charge in [-0.1, -0.05) is 67.8 Å². The van der Waals surface area contributed by atoms with Crippen LogP contribution >= 0.6 is 0 Å². The van der Waals surface area contributed by atoms with Crippen LogP contribution in [0.3, 0.4) is 0 Å². The van der Waals surface area contributed by atoms with Gasteiger partial charge in [-0.15, -0.1) is 0 Å². The summed E-state index contributed by atoms with van der Waals surface area (Å²) in [6, 6.07) is 16.5. The highest BCUT2D eigenvalue weighted by atomic mass is 16.7. The van der Waals surface area contributed by atoms with Crippen LogP contribution in [0.2, 0.25) is 0 Å². The number of hydrogen-bond acceptors (Lipinski definition) is 4. The van der Waals surface area contributed by atoms with Crippen molar-refractivity contribution in [2.45, 2.75) is 55.8 Å². The first-order chi connectivity index (χ1) is 15.7. The highest BCUT2D eigenvalue weighted by molar-refractivity contribution is 6.08. The van der Waals surface area contributed by atoms with Crippen molar-refractivity contribution >= 4 is 11.8 Å². The number of methoxy groups -OCH3 is 2. The first-order valence-electron chi connectivity index (χ1n) is 11.8. The van der Waals surface area contributed by atoms with E-state index in [2.05, 4.69) is 24.3 Å². The maximum absolute atomic E-state index is 14.2. The van der Waals surface area contributed by atoms with Crippen molar-refractivity contribution in [3.63, 3.8) is 0 Å². The Hall–Kier alpha value is -2.50. The van der Waals surface area contributed by atoms with Gasteiger partial charge in [0, 0.05) is 26.2 Å². The lowest BCUT2D eigenvalue weighted by molar-refractivity contribution is -0.169. The van der Waals surface area contributed by atoms with E-state index < -0.39 is 23.5 Å². The zero-order chi connectivity index (χ0) is 22.0. The Bertz CT molecular complexity index is 1040. The molecule has 1 heterocycles. The van der Waals surface area contributed by atoms with E-state index >= 15 is 0 Å². The van der Waals surface area contributed by atoms with Crippen LogP contribution in [0.5, 0.6) is 0 Å². The molecule has 1 aliphatic heterocycles. The molecule has 2 aromatic rings. The van der Waals surface area contributed by atoms with Gasteiger partial charge in [0.15, 0.2) is 6.29 Å². The Kier molecular flexibility index (Phi) is 4.57. The SMILES string of the molecule is COC(OC)C12c3ccccc3C(c3ccccc31)[C@H]1C(=O)N(C3CCCCC3)C(=O)[C@H]12. The topological polar surface area (TPSA) is 55.8 Å². The minimum absolute atomic E-state index is 0.00348. The summed E-state index contributed by atoms with van der Waals surface area (Å²) < 4.78 is 11.9. The minimum atomic E-state index is -0.855. The third kappa shape index (κ3) is 2.31. The predicted molar refractivity (Wildman–Crippen MR) is 119 cm³/mol. The Labute approximate surface area is 188 Å². The molecule has 1 saturated heterocycles. The number of nitrogens with zero attached hydrogens (tertiary/aromatic N) is 1. The second-order valence-corrected chi connectivity index (χ2v) is 9.67. The second-order valence-electron chi connectivity index (χ2n) is 9.67. The molecule has 0 aromatic heterocycles. The van der Waals surface area contributed by atoms with E-state index in [1.807, 2.05) is 24.3 Å². The van der Waals surface area contributed by atoms with Crippen LogP contribution in [0, 0.1) is 11.8 Å². The number of carbonyl (C=O) groups is 2. The molecule has 1 saturated carbocycles. The third-order valence-corrected chi connectivity index (χ3v) is 8.46. The highest BCUT2D eigenvalue weighted by Gasteiger charge is 2.71. The van der Waals surface area contributed by atoms with Crippen LogP contribution in [0.15, 0.2) is 48.5 Å². The van der Waals surface area contributed by atoms with Gasteiger partial charge in [0.1, 0.15) is 0 Å². The van der Waals surface area contributed by atoms with Crippen molar-refractivity contribution in [1.29, 1.82) is 0 Å². The molecular formula is C27H29NO4. The largest absolute Gasteiger partial charge is 0.355 e. The normalized spacial score (nSPS) is 31.1. The second kappa shape index (κ2) is 7.26. The monoisotopic (exact) mass is 431 g/mol. The average molecular weight is 432 g/mol. The number of rotatable bonds is 4. The minimum Gasteiger partial charge on any atom is -0.355 e. The van der Waals surface area contributed by atoms with Gasteiger partial charge in [-0.2, -0.15) is 0 Å². The standard InChI is InChI=1S/C27H29NO4/c1-31-26(32-2)27-19-14-8-6-12-17(19)21(18-13-7-9-15-20(18)27)22-23(27)25(30)28(24(22)29)16-10-4-3-5-11-16/h6-9,12-16,21-23,26H,3-5,10-11H2,1-2H3/t21?,22-,23+,27?/m1/s1. The number of ether oxygens (including phenoxy) is 2. The summed E-state index contributed by atoms with van der Waals surface area (Å²) >= 11 is 0. The lowest BCUT2D eigenvalue weighted by atomic mass is 9.47. The molecule has 0 spiro atoms. The van der Waals surface area contributed by atoms with Gasteiger partial charge in [0.2, 0.25) is 11.8 Å². The molecule has 0 unspecified atom stereocenters. The maximum atomic E-state index is 14.2. The fourth-order valence-corrected chi connectivity index (χ4v) is 7.42. The number of imide groups is 1. The first-order valence-corrected chi connectivity index (χ1v) is 11.8. The first kappa shape index (κ1) is 20.1. The molecule has 0 radical (unpaired) electrons. The predicted octanol–water partition coefficient (Wildman–Crippen LogP) is 3.98. The quantitative estimate of drug-likeness (QED) is 0.543. The summed E-state index contributed by atoms with van der Waals surface area (Å²) in [4.78, 5) is 29.9. The van der Waals surface area contributed by atoms with Gasteiger partial charge in [0.25, 0.3) is 0 Å². The number of hydrogen-bond donors (Lipinski definition) is 0. The summed E-state index contributed by atoms with van der Waals surface area (Å²) in [5.41, 5.74) is 3.51. The van der Waals surface area contributed by atoms with Crippen molar-refractivity contribution in [2.75, 3.05) is 14.2 Å². The smallest absolute Gasteiger partial charge is 0.234 e. The fourth-order valence-electron chi connectivity index (χ4n) is 7.42. The van der Waals surface area contributed by atoms with E-state index in [1.54, 1.807) is 19.1 Å². The van der Waals surface area contributed by atoms with E-state index in [-0.39, 0.29) is 23.8 Å². The molecule has 166 valence electrons. The molecule has 32 heavy (non-hydrogen) atoms. The Morgan fingerprint density at radius 2 is 1.41 bits per heavy atom. The summed E-state index contributed by atoms with van der Waals surface area (Å²) in [7, 11) is 3.26. The van der Waals surface area contributed by atoms with Crippen LogP contribution in [0.25, 0.3) is 0 Å². The molecule has 5 aliphatic rings. The molecule has 5 heteroatoms. The average Bonchev–Trinajstić information content (AvgIpc) is 3.11. The van der Waals surface area contributed by atoms with E-state index in [0.29, 0.717) is 0 Å². The molecular weight excluding hydrogens is 402 g/mol. The van der Waals surface area contributed by atoms with E-state index in [0.717, 1.165) is 47.9 Å². The molecule has 4 aliphatic carbocycles. The van der Waals surface area contributed by atoms with Crippen LogP contribution in [-0.4, -0.2) is 43.3 Å². The Morgan fingerprint density at radius 3 is 1.97 bits per heavy atom. The fraction of sp³-hybridized carbons (Fsp3) is 0.481. The van der Waals surface area contributed by atoms with Gasteiger partial charge >= 0.3 is 0 Å². The summed E-state index contributed by atoms with van der Waals surface area (Å²) in [5, 5.41) is 0. The number of amides is 2. The Morgan fingerprint density at radius 1 is 0.844 bits per heavy atom. The van der Waals surface area contributed by atoms with E-state index in [1.165, 1.54) is 6.42 Å². The molecule has 2 fully saturated rings. The van der Waals surface area contributed by atoms with Gasteiger partial charge in [-0.3, -0.25) is 14.5 Å². The maximum Gasteiger partial charge on any atom is 0.234 e. The lowest BCUT2D eigenvalue weighted by Crippen LogP contribution is -2.60. The summed E-state index contributed by atoms with van der Waals surface area (Å²) in [6.07, 6.45) is 4.47. The molecule has 2 atom stereocenters. The van der Waals surface area contributed by atoms with Gasteiger partial charge in [-0.05, 0) is 35.1 Å². The molecule has 2 aromatic carbocycles. The van der Waals surface area contributed by atoms with Crippen molar-refractivity contribution in [1.82, 2.24) is 4.90 Å². The zero-order valence-electron chi connectivity index (χ0n) is 18.6. The van der Waals surface area contributed by atoms with Crippen molar-refractivity contribution < 1.29 is 19.1 Å². The van der Waals surface area contributed by atoms with E-state index in [4.69, 9.17) is 9.47 Å². The number of carbonyl (C=O) groups excluding carboxylic acids is 2. The molecule has 2 bridgehead atoms. The number of benzene rings is 2.